The maximum absolute atomic E-state index is 13.1. The fraction of sp³-hybridized carbons (Fsp3) is 0.682. The van der Waals surface area contributed by atoms with Crippen LogP contribution in [0.3, 0.4) is 0 Å². The van der Waals surface area contributed by atoms with Gasteiger partial charge in [-0.05, 0) is 61.7 Å². The van der Waals surface area contributed by atoms with Crippen molar-refractivity contribution < 1.29 is 9.55 Å². The first-order valence-electron chi connectivity index (χ1n) is 10.5. The maximum Gasteiger partial charge on any atom is 0.233 e. The number of nitrogens with one attached hydrogen (secondary N) is 1. The molecule has 26 heavy (non-hydrogen) atoms. The zero-order chi connectivity index (χ0) is 18.0. The third kappa shape index (κ3) is 2.41. The fourth-order valence-corrected chi connectivity index (χ4v) is 5.86. The first-order chi connectivity index (χ1) is 12.6. The molecule has 4 nitrogen and oxygen atoms in total. The van der Waals surface area contributed by atoms with Gasteiger partial charge in [0.2, 0.25) is 11.7 Å². The van der Waals surface area contributed by atoms with Gasteiger partial charge in [0.25, 0.3) is 0 Å². The van der Waals surface area contributed by atoms with E-state index < -0.39 is 0 Å². The van der Waals surface area contributed by atoms with Gasteiger partial charge in [0, 0.05) is 47.1 Å². The van der Waals surface area contributed by atoms with Crippen LogP contribution in [0.25, 0.3) is 0 Å². The number of carbonyl (C=O) groups excluding carboxylic acids is 1. The van der Waals surface area contributed by atoms with E-state index in [1.54, 1.807) is 6.92 Å². The standard InChI is InChI=1S/C22H29N2O2/c1-3-15-10-18-17(20(24(15)26)8-13-4-5-13)9-14-11-23-19-7-6-16(12(2)25)22(18)21(14)19/h10,13,16-17,19-20,23H,3-9,11H2,1-2H3/q+1. The second-order valence-electron chi connectivity index (χ2n) is 8.93. The molecule has 0 amide bonds. The number of Topliss-reactive ketones (excluding diaryl/α,β-unsaturated/α-hetero) is 1. The maximum atomic E-state index is 13.1. The van der Waals surface area contributed by atoms with E-state index in [-0.39, 0.29) is 17.9 Å². The van der Waals surface area contributed by atoms with Crippen LogP contribution in [0, 0.1) is 22.7 Å². The van der Waals surface area contributed by atoms with Crippen molar-refractivity contribution in [2.75, 3.05) is 6.54 Å². The van der Waals surface area contributed by atoms with Crippen LogP contribution in [0.1, 0.15) is 58.8 Å². The third-order valence-corrected chi connectivity index (χ3v) is 7.35. The van der Waals surface area contributed by atoms with Crippen molar-refractivity contribution in [1.82, 2.24) is 5.32 Å². The smallest absolute Gasteiger partial charge is 0.233 e. The van der Waals surface area contributed by atoms with Gasteiger partial charge in [-0.1, -0.05) is 12.5 Å². The van der Waals surface area contributed by atoms with E-state index in [2.05, 4.69) is 18.3 Å². The van der Waals surface area contributed by atoms with Gasteiger partial charge in [0.1, 0.15) is 5.78 Å². The number of hydrogen-bond donors (Lipinski definition) is 1. The van der Waals surface area contributed by atoms with Crippen LogP contribution in [-0.2, 0) is 4.79 Å². The van der Waals surface area contributed by atoms with Crippen LogP contribution in [-0.4, -0.2) is 29.2 Å². The Bertz CT molecular complexity index is 784. The molecule has 2 aliphatic heterocycles. The minimum absolute atomic E-state index is 0.0306. The van der Waals surface area contributed by atoms with E-state index in [0.29, 0.717) is 11.8 Å². The van der Waals surface area contributed by atoms with Crippen LogP contribution >= 0.6 is 0 Å². The zero-order valence-corrected chi connectivity index (χ0v) is 15.9. The molecule has 138 valence electrons. The lowest BCUT2D eigenvalue weighted by Crippen LogP contribution is -2.41. The second kappa shape index (κ2) is 5.98. The summed E-state index contributed by atoms with van der Waals surface area (Å²) in [6, 6.07) is 0.488. The number of carbonyl (C=O) groups is 1. The lowest BCUT2D eigenvalue weighted by Gasteiger charge is -2.39. The molecule has 5 aliphatic rings. The summed E-state index contributed by atoms with van der Waals surface area (Å²) in [5.41, 5.74) is 6.48. The Balaban J connectivity index is 1.67. The van der Waals surface area contributed by atoms with Gasteiger partial charge >= 0.3 is 0 Å². The van der Waals surface area contributed by atoms with Crippen molar-refractivity contribution >= 4 is 5.78 Å². The molecule has 2 fully saturated rings. The van der Waals surface area contributed by atoms with Gasteiger partial charge in [0.05, 0.1) is 5.92 Å². The molecule has 0 saturated heterocycles. The van der Waals surface area contributed by atoms with Crippen molar-refractivity contribution in [3.8, 4) is 0 Å². The van der Waals surface area contributed by atoms with Crippen molar-refractivity contribution in [2.45, 2.75) is 70.9 Å². The number of nitroso groups, excluding NO2 is 1. The molecule has 4 heteroatoms. The highest BCUT2D eigenvalue weighted by atomic mass is 16.3. The molecule has 0 spiro atoms. The zero-order valence-electron chi connectivity index (χ0n) is 15.9. The molecule has 2 heterocycles. The van der Waals surface area contributed by atoms with Crippen molar-refractivity contribution in [3.05, 3.63) is 39.0 Å². The molecule has 0 aromatic rings. The normalized spacial score (nSPS) is 36.1. The fourth-order valence-electron chi connectivity index (χ4n) is 5.86. The first kappa shape index (κ1) is 16.6. The summed E-state index contributed by atoms with van der Waals surface area (Å²) in [5, 5.41) is 3.67. The summed E-state index contributed by atoms with van der Waals surface area (Å²) >= 11 is 0. The molecule has 5 rings (SSSR count). The summed E-state index contributed by atoms with van der Waals surface area (Å²) in [7, 11) is 0. The van der Waals surface area contributed by atoms with Gasteiger partial charge in [-0.2, -0.15) is 0 Å². The minimum atomic E-state index is 0.0306. The Kier molecular flexibility index (Phi) is 3.82. The average molecular weight is 353 g/mol. The van der Waals surface area contributed by atoms with E-state index >= 15 is 0 Å². The number of rotatable bonds is 4. The molecule has 4 unspecified atom stereocenters. The highest BCUT2D eigenvalue weighted by molar-refractivity contribution is 5.84. The number of hydrogen-bond acceptors (Lipinski definition) is 3. The Labute approximate surface area is 155 Å². The SMILES string of the molecule is CCC1=CC2=C3C4=C(CNC4CCC3C(C)=O)CC2C(CC2CC2)[N+]1=O. The Morgan fingerprint density at radius 3 is 2.73 bits per heavy atom. The number of ketones is 1. The molecular weight excluding hydrogens is 324 g/mol. The van der Waals surface area contributed by atoms with E-state index in [0.717, 1.165) is 50.3 Å². The minimum Gasteiger partial charge on any atom is -0.306 e. The number of fused-ring (bicyclic) bond motifs is 1. The molecule has 1 N–H and O–H groups in total. The van der Waals surface area contributed by atoms with Crippen LogP contribution in [0.5, 0.6) is 0 Å². The molecule has 0 aromatic carbocycles. The summed E-state index contributed by atoms with van der Waals surface area (Å²) in [6.07, 6.45) is 9.53. The Hall–Kier alpha value is -1.55. The van der Waals surface area contributed by atoms with E-state index in [1.807, 2.05) is 0 Å². The Morgan fingerprint density at radius 1 is 1.23 bits per heavy atom. The number of nitrogens with zero attached hydrogens (tertiary/aromatic N) is 1. The molecular formula is C22H29N2O2+. The van der Waals surface area contributed by atoms with Gasteiger partial charge in [0.15, 0.2) is 0 Å². The van der Waals surface area contributed by atoms with Crippen molar-refractivity contribution in [2.24, 2.45) is 17.8 Å². The van der Waals surface area contributed by atoms with Crippen LogP contribution in [0.4, 0.5) is 0 Å². The molecule has 3 aliphatic carbocycles. The summed E-state index contributed by atoms with van der Waals surface area (Å²) < 4.78 is 1.34. The van der Waals surface area contributed by atoms with Crippen molar-refractivity contribution in [3.63, 3.8) is 0 Å². The summed E-state index contributed by atoms with van der Waals surface area (Å²) in [5.74, 6) is 1.33. The largest absolute Gasteiger partial charge is 0.306 e. The number of allylic oxidation sites excluding steroid dienone is 2. The van der Waals surface area contributed by atoms with E-state index in [1.165, 1.54) is 39.9 Å². The highest BCUT2D eigenvalue weighted by Crippen LogP contribution is 2.52. The predicted molar refractivity (Wildman–Crippen MR) is 100 cm³/mol. The molecule has 0 aromatic heterocycles. The lowest BCUT2D eigenvalue weighted by atomic mass is 9.65. The van der Waals surface area contributed by atoms with Gasteiger partial charge in [-0.15, -0.1) is 0 Å². The van der Waals surface area contributed by atoms with Crippen molar-refractivity contribution in [1.29, 1.82) is 0 Å². The van der Waals surface area contributed by atoms with E-state index in [9.17, 15) is 9.70 Å². The molecule has 2 saturated carbocycles. The van der Waals surface area contributed by atoms with Crippen LogP contribution in [0.2, 0.25) is 0 Å². The van der Waals surface area contributed by atoms with Gasteiger partial charge in [-0.3, -0.25) is 4.79 Å². The third-order valence-electron chi connectivity index (χ3n) is 7.35. The average Bonchev–Trinajstić information content (AvgIpc) is 3.36. The molecule has 0 bridgehead atoms. The summed E-state index contributed by atoms with van der Waals surface area (Å²) in [6.45, 7) is 4.77. The monoisotopic (exact) mass is 353 g/mol. The lowest BCUT2D eigenvalue weighted by molar-refractivity contribution is -0.554. The Morgan fingerprint density at radius 2 is 2.04 bits per heavy atom. The first-order valence-corrected chi connectivity index (χ1v) is 10.5. The molecule has 0 radical (unpaired) electrons. The second-order valence-corrected chi connectivity index (χ2v) is 8.93. The van der Waals surface area contributed by atoms with Crippen LogP contribution in [0.15, 0.2) is 34.1 Å². The topological polar surface area (TPSA) is 49.2 Å². The van der Waals surface area contributed by atoms with Crippen LogP contribution < -0.4 is 5.32 Å². The summed E-state index contributed by atoms with van der Waals surface area (Å²) in [4.78, 5) is 25.6. The molecule has 4 atom stereocenters. The van der Waals surface area contributed by atoms with Gasteiger partial charge < -0.3 is 5.32 Å². The van der Waals surface area contributed by atoms with Gasteiger partial charge in [-0.25, -0.2) is 0 Å². The quantitative estimate of drug-likeness (QED) is 0.782. The van der Waals surface area contributed by atoms with E-state index in [4.69, 9.17) is 0 Å². The predicted octanol–water partition coefficient (Wildman–Crippen LogP) is 3.83. The highest BCUT2D eigenvalue weighted by Gasteiger charge is 2.51.